The van der Waals surface area contributed by atoms with Crippen molar-refractivity contribution in [1.82, 2.24) is 0 Å². The number of ether oxygens (including phenoxy) is 2. The smallest absolute Gasteiger partial charge is 0.220 e. The lowest BCUT2D eigenvalue weighted by Crippen LogP contribution is -2.04. The summed E-state index contributed by atoms with van der Waals surface area (Å²) in [5.41, 5.74) is 0.742. The Balaban J connectivity index is 1.74. The van der Waals surface area contributed by atoms with Crippen molar-refractivity contribution in [3.8, 4) is 17.2 Å². The van der Waals surface area contributed by atoms with Crippen LogP contribution in [0.1, 0.15) is 5.56 Å². The van der Waals surface area contributed by atoms with Gasteiger partial charge in [0.25, 0.3) is 0 Å². The third-order valence-electron chi connectivity index (χ3n) is 3.33. The Hall–Kier alpha value is -3.14. The van der Waals surface area contributed by atoms with E-state index < -0.39 is 0 Å². The molecule has 0 spiro atoms. The molecule has 24 heavy (non-hydrogen) atoms. The zero-order chi connectivity index (χ0) is 16.8. The molecule has 0 radical (unpaired) electrons. The van der Waals surface area contributed by atoms with Gasteiger partial charge >= 0.3 is 0 Å². The highest BCUT2D eigenvalue weighted by atomic mass is 19.1. The Morgan fingerprint density at radius 2 is 1.38 bits per heavy atom. The highest BCUT2D eigenvalue weighted by molar-refractivity contribution is 5.33. The first-order valence-corrected chi connectivity index (χ1v) is 7.45. The lowest BCUT2D eigenvalue weighted by atomic mass is 10.2. The van der Waals surface area contributed by atoms with Gasteiger partial charge in [0.05, 0.1) is 0 Å². The lowest BCUT2D eigenvalue weighted by Gasteiger charge is -2.04. The number of hydrogen-bond acceptors (Lipinski definition) is 3. The number of halogens is 1. The van der Waals surface area contributed by atoms with E-state index in [4.69, 9.17) is 9.47 Å². The van der Waals surface area contributed by atoms with E-state index in [0.717, 1.165) is 5.56 Å². The normalized spacial score (nSPS) is 10.2. The van der Waals surface area contributed by atoms with Gasteiger partial charge in [0, 0.05) is 0 Å². The van der Waals surface area contributed by atoms with Gasteiger partial charge in [-0.25, -0.2) is 4.39 Å². The zero-order valence-corrected chi connectivity index (χ0v) is 12.8. The van der Waals surface area contributed by atoms with E-state index in [1.807, 2.05) is 30.3 Å². The molecule has 0 aliphatic heterocycles. The van der Waals surface area contributed by atoms with Crippen molar-refractivity contribution in [2.75, 3.05) is 0 Å². The summed E-state index contributed by atoms with van der Waals surface area (Å²) in [6.07, 6.45) is 0. The third-order valence-corrected chi connectivity index (χ3v) is 3.33. The van der Waals surface area contributed by atoms with E-state index in [2.05, 4.69) is 0 Å². The minimum Gasteiger partial charge on any atom is -0.485 e. The van der Waals surface area contributed by atoms with Crippen molar-refractivity contribution >= 4 is 0 Å². The zero-order valence-electron chi connectivity index (χ0n) is 12.8. The lowest BCUT2D eigenvalue weighted by molar-refractivity contribution is 0.303. The SMILES string of the molecule is O=c1ccc(Oc2ccc(F)cc2)ccc1OCc1ccccc1. The van der Waals surface area contributed by atoms with Gasteiger partial charge in [0.1, 0.15) is 23.9 Å². The molecule has 0 bridgehead atoms. The van der Waals surface area contributed by atoms with Crippen LogP contribution >= 0.6 is 0 Å². The van der Waals surface area contributed by atoms with Gasteiger partial charge in [-0.05, 0) is 54.1 Å². The maximum Gasteiger partial charge on any atom is 0.220 e. The molecule has 3 aromatic carbocycles. The summed E-state index contributed by atoms with van der Waals surface area (Å²) in [7, 11) is 0. The van der Waals surface area contributed by atoms with Crippen molar-refractivity contribution in [1.29, 1.82) is 0 Å². The second kappa shape index (κ2) is 7.42. The second-order valence-electron chi connectivity index (χ2n) is 5.13. The largest absolute Gasteiger partial charge is 0.485 e. The first-order chi connectivity index (χ1) is 11.7. The highest BCUT2D eigenvalue weighted by Gasteiger charge is 2.02. The Morgan fingerprint density at radius 1 is 0.750 bits per heavy atom. The minimum absolute atomic E-state index is 0.236. The quantitative estimate of drug-likeness (QED) is 0.691. The van der Waals surface area contributed by atoms with E-state index in [1.165, 1.54) is 30.3 Å². The molecule has 0 fully saturated rings. The summed E-state index contributed by atoms with van der Waals surface area (Å²) in [5, 5.41) is 0. The van der Waals surface area contributed by atoms with Crippen LogP contribution in [0.15, 0.2) is 83.7 Å². The van der Waals surface area contributed by atoms with Gasteiger partial charge in [-0.1, -0.05) is 30.3 Å². The van der Waals surface area contributed by atoms with Crippen LogP contribution in [0.4, 0.5) is 4.39 Å². The molecule has 3 nitrogen and oxygen atoms in total. The summed E-state index contributed by atoms with van der Waals surface area (Å²) in [6.45, 7) is 0.314. The predicted molar refractivity (Wildman–Crippen MR) is 90.0 cm³/mol. The van der Waals surface area contributed by atoms with Crippen LogP contribution in [-0.2, 0) is 6.61 Å². The Labute approximate surface area is 138 Å². The molecule has 3 aromatic rings. The Kier molecular flexibility index (Phi) is 4.87. The van der Waals surface area contributed by atoms with Crippen LogP contribution in [0.2, 0.25) is 0 Å². The van der Waals surface area contributed by atoms with Gasteiger partial charge < -0.3 is 9.47 Å². The van der Waals surface area contributed by atoms with E-state index in [-0.39, 0.29) is 17.0 Å². The molecule has 3 rings (SSSR count). The monoisotopic (exact) mass is 322 g/mol. The number of rotatable bonds is 5. The maximum atomic E-state index is 12.9. The summed E-state index contributed by atoms with van der Waals surface area (Å²) in [6, 6.07) is 21.4. The van der Waals surface area contributed by atoms with Gasteiger partial charge in [-0.2, -0.15) is 0 Å². The fraction of sp³-hybridized carbons (Fsp3) is 0.0500. The predicted octanol–water partition coefficient (Wildman–Crippen LogP) is 4.56. The molecule has 0 aliphatic carbocycles. The van der Waals surface area contributed by atoms with Crippen LogP contribution in [0, 0.1) is 5.82 Å². The molecule has 0 aliphatic rings. The topological polar surface area (TPSA) is 35.5 Å². The van der Waals surface area contributed by atoms with Crippen LogP contribution < -0.4 is 14.9 Å². The van der Waals surface area contributed by atoms with Crippen molar-refractivity contribution in [2.24, 2.45) is 0 Å². The fourth-order valence-electron chi connectivity index (χ4n) is 2.10. The van der Waals surface area contributed by atoms with Crippen molar-refractivity contribution in [3.63, 3.8) is 0 Å². The number of benzene rings is 2. The number of hydrogen-bond donors (Lipinski definition) is 0. The molecule has 0 unspecified atom stereocenters. The molecular weight excluding hydrogens is 307 g/mol. The summed E-state index contributed by atoms with van der Waals surface area (Å²) in [5.74, 6) is 0.863. The molecule has 0 heterocycles. The molecular formula is C20H15FO3. The first kappa shape index (κ1) is 15.7. The summed E-state index contributed by atoms with van der Waals surface area (Å²) in [4.78, 5) is 12.1. The molecule has 0 saturated heterocycles. The van der Waals surface area contributed by atoms with Crippen molar-refractivity contribution < 1.29 is 13.9 Å². The molecule has 4 heteroatoms. The van der Waals surface area contributed by atoms with Gasteiger partial charge in [0.15, 0.2) is 5.75 Å². The molecule has 0 atom stereocenters. The van der Waals surface area contributed by atoms with Crippen LogP contribution in [0.3, 0.4) is 0 Å². The van der Waals surface area contributed by atoms with Gasteiger partial charge in [-0.15, -0.1) is 0 Å². The van der Waals surface area contributed by atoms with Crippen LogP contribution in [0.5, 0.6) is 17.2 Å². The summed E-state index contributed by atoms with van der Waals surface area (Å²) < 4.78 is 24.1. The van der Waals surface area contributed by atoms with Crippen LogP contribution in [-0.4, -0.2) is 0 Å². The van der Waals surface area contributed by atoms with Gasteiger partial charge in [0.2, 0.25) is 5.43 Å². The Morgan fingerprint density at radius 3 is 2.08 bits per heavy atom. The van der Waals surface area contributed by atoms with Crippen molar-refractivity contribution in [3.05, 3.63) is 100 Å². The minimum atomic E-state index is -0.334. The van der Waals surface area contributed by atoms with E-state index in [1.54, 1.807) is 18.2 Å². The summed E-state index contributed by atoms with van der Waals surface area (Å²) >= 11 is 0. The molecule has 0 N–H and O–H groups in total. The average molecular weight is 322 g/mol. The highest BCUT2D eigenvalue weighted by Crippen LogP contribution is 2.21. The molecule has 0 aromatic heterocycles. The molecule has 0 amide bonds. The first-order valence-electron chi connectivity index (χ1n) is 7.45. The average Bonchev–Trinajstić information content (AvgIpc) is 2.78. The third kappa shape index (κ3) is 4.20. The molecule has 120 valence electrons. The standard InChI is InChI=1S/C20H15FO3/c21-16-6-8-17(9-7-16)24-18-10-12-19(22)20(13-11-18)23-14-15-4-2-1-3-5-15/h1-13H,14H2. The fourth-order valence-corrected chi connectivity index (χ4v) is 2.10. The van der Waals surface area contributed by atoms with Crippen molar-refractivity contribution in [2.45, 2.75) is 6.61 Å². The van der Waals surface area contributed by atoms with E-state index in [9.17, 15) is 9.18 Å². The van der Waals surface area contributed by atoms with E-state index in [0.29, 0.717) is 18.1 Å². The maximum absolute atomic E-state index is 12.9. The second-order valence-corrected chi connectivity index (χ2v) is 5.13. The van der Waals surface area contributed by atoms with Gasteiger partial charge in [-0.3, -0.25) is 4.79 Å². The van der Waals surface area contributed by atoms with Crippen LogP contribution in [0.25, 0.3) is 0 Å². The Bertz CT molecular complexity index is 862. The van der Waals surface area contributed by atoms with E-state index >= 15 is 0 Å². The molecule has 0 saturated carbocycles.